The molecule has 22 heavy (non-hydrogen) atoms. The van der Waals surface area contributed by atoms with Crippen molar-refractivity contribution < 1.29 is 4.79 Å². The van der Waals surface area contributed by atoms with Crippen molar-refractivity contribution in [1.29, 1.82) is 0 Å². The van der Waals surface area contributed by atoms with Gasteiger partial charge in [0.25, 0.3) is 0 Å². The molecule has 0 saturated carbocycles. The van der Waals surface area contributed by atoms with Crippen molar-refractivity contribution in [3.05, 3.63) is 23.9 Å². The predicted octanol–water partition coefficient (Wildman–Crippen LogP) is 0.554. The SMILES string of the molecule is Cc1ccnc(NCCNC(=O)CN2CCC(N(C)C)C2)c1. The maximum absolute atomic E-state index is 11.9. The van der Waals surface area contributed by atoms with E-state index in [1.807, 2.05) is 19.1 Å². The molecule has 0 radical (unpaired) electrons. The topological polar surface area (TPSA) is 60.5 Å². The third-order valence-corrected chi connectivity index (χ3v) is 4.01. The molecule has 1 aromatic heterocycles. The molecule has 6 nitrogen and oxygen atoms in total. The van der Waals surface area contributed by atoms with Gasteiger partial charge in [0.2, 0.25) is 5.91 Å². The van der Waals surface area contributed by atoms with E-state index in [2.05, 4.69) is 39.5 Å². The van der Waals surface area contributed by atoms with Gasteiger partial charge in [-0.05, 0) is 45.1 Å². The summed E-state index contributed by atoms with van der Waals surface area (Å²) < 4.78 is 0. The highest BCUT2D eigenvalue weighted by Gasteiger charge is 2.24. The first-order valence-corrected chi connectivity index (χ1v) is 7.86. The van der Waals surface area contributed by atoms with E-state index in [0.29, 0.717) is 25.7 Å². The van der Waals surface area contributed by atoms with Crippen molar-refractivity contribution in [3.63, 3.8) is 0 Å². The second-order valence-electron chi connectivity index (χ2n) is 6.14. The fraction of sp³-hybridized carbons (Fsp3) is 0.625. The van der Waals surface area contributed by atoms with E-state index in [-0.39, 0.29) is 5.91 Å². The molecule has 122 valence electrons. The van der Waals surface area contributed by atoms with E-state index in [0.717, 1.165) is 25.3 Å². The minimum atomic E-state index is 0.0957. The zero-order valence-electron chi connectivity index (χ0n) is 13.8. The van der Waals surface area contributed by atoms with Crippen molar-refractivity contribution in [2.75, 3.05) is 52.1 Å². The van der Waals surface area contributed by atoms with Crippen LogP contribution in [0.5, 0.6) is 0 Å². The Morgan fingerprint density at radius 1 is 1.45 bits per heavy atom. The molecule has 1 aromatic rings. The van der Waals surface area contributed by atoms with Gasteiger partial charge in [0.15, 0.2) is 0 Å². The second kappa shape index (κ2) is 8.10. The number of nitrogens with zero attached hydrogens (tertiary/aromatic N) is 3. The standard InChI is InChI=1S/C16H27N5O/c1-13-4-6-17-15(10-13)18-7-8-19-16(22)12-21-9-5-14(11-21)20(2)3/h4,6,10,14H,5,7-9,11-12H2,1-3H3,(H,17,18)(H,19,22). The number of aryl methyl sites for hydroxylation is 1. The maximum Gasteiger partial charge on any atom is 0.234 e. The van der Waals surface area contributed by atoms with Crippen LogP contribution in [0.4, 0.5) is 5.82 Å². The Kier molecular flexibility index (Phi) is 6.15. The van der Waals surface area contributed by atoms with Crippen molar-refractivity contribution in [3.8, 4) is 0 Å². The second-order valence-corrected chi connectivity index (χ2v) is 6.14. The van der Waals surface area contributed by atoms with Crippen LogP contribution in [0.25, 0.3) is 0 Å². The molecule has 1 aliphatic heterocycles. The number of amides is 1. The summed E-state index contributed by atoms with van der Waals surface area (Å²) in [5, 5.41) is 6.16. The van der Waals surface area contributed by atoms with E-state index in [4.69, 9.17) is 0 Å². The molecule has 0 aliphatic carbocycles. The lowest BCUT2D eigenvalue weighted by molar-refractivity contribution is -0.121. The normalized spacial score (nSPS) is 18.6. The van der Waals surface area contributed by atoms with Gasteiger partial charge in [-0.3, -0.25) is 9.69 Å². The average molecular weight is 305 g/mol. The number of hydrogen-bond acceptors (Lipinski definition) is 5. The van der Waals surface area contributed by atoms with Gasteiger partial charge >= 0.3 is 0 Å². The summed E-state index contributed by atoms with van der Waals surface area (Å²) >= 11 is 0. The molecule has 0 spiro atoms. The van der Waals surface area contributed by atoms with Crippen LogP contribution in [0.1, 0.15) is 12.0 Å². The average Bonchev–Trinajstić information content (AvgIpc) is 2.92. The van der Waals surface area contributed by atoms with Crippen LogP contribution in [0.2, 0.25) is 0 Å². The fourth-order valence-electron chi connectivity index (χ4n) is 2.66. The van der Waals surface area contributed by atoms with Crippen molar-refractivity contribution in [1.82, 2.24) is 20.1 Å². The zero-order chi connectivity index (χ0) is 15.9. The monoisotopic (exact) mass is 305 g/mol. The minimum Gasteiger partial charge on any atom is -0.368 e. The van der Waals surface area contributed by atoms with Crippen LogP contribution < -0.4 is 10.6 Å². The van der Waals surface area contributed by atoms with Gasteiger partial charge < -0.3 is 15.5 Å². The van der Waals surface area contributed by atoms with Crippen LogP contribution in [0.15, 0.2) is 18.3 Å². The van der Waals surface area contributed by atoms with Crippen LogP contribution in [-0.2, 0) is 4.79 Å². The Labute approximate surface area is 132 Å². The van der Waals surface area contributed by atoms with Gasteiger partial charge in [-0.15, -0.1) is 0 Å². The lowest BCUT2D eigenvalue weighted by Gasteiger charge is -2.20. The molecule has 2 rings (SSSR count). The Morgan fingerprint density at radius 3 is 2.95 bits per heavy atom. The Morgan fingerprint density at radius 2 is 2.27 bits per heavy atom. The van der Waals surface area contributed by atoms with Crippen LogP contribution in [-0.4, -0.2) is 73.6 Å². The summed E-state index contributed by atoms with van der Waals surface area (Å²) in [6, 6.07) is 4.53. The molecule has 1 atom stereocenters. The number of hydrogen-bond donors (Lipinski definition) is 2. The molecule has 1 fully saturated rings. The number of anilines is 1. The van der Waals surface area contributed by atoms with Gasteiger partial charge in [0, 0.05) is 38.4 Å². The molecule has 0 bridgehead atoms. The van der Waals surface area contributed by atoms with E-state index in [1.54, 1.807) is 6.20 Å². The van der Waals surface area contributed by atoms with Crippen molar-refractivity contribution >= 4 is 11.7 Å². The largest absolute Gasteiger partial charge is 0.368 e. The Balaban J connectivity index is 1.60. The van der Waals surface area contributed by atoms with E-state index in [1.165, 1.54) is 5.56 Å². The Bertz CT molecular complexity index is 491. The molecule has 1 unspecified atom stereocenters. The summed E-state index contributed by atoms with van der Waals surface area (Å²) in [6.07, 6.45) is 2.92. The molecule has 6 heteroatoms. The Hall–Kier alpha value is -1.66. The molecule has 1 saturated heterocycles. The highest BCUT2D eigenvalue weighted by molar-refractivity contribution is 5.78. The minimum absolute atomic E-state index is 0.0957. The summed E-state index contributed by atoms with van der Waals surface area (Å²) in [5.74, 6) is 0.945. The summed E-state index contributed by atoms with van der Waals surface area (Å²) in [7, 11) is 4.19. The highest BCUT2D eigenvalue weighted by Crippen LogP contribution is 2.12. The van der Waals surface area contributed by atoms with Crippen molar-refractivity contribution in [2.24, 2.45) is 0 Å². The fourth-order valence-corrected chi connectivity index (χ4v) is 2.66. The lowest BCUT2D eigenvalue weighted by atomic mass is 10.2. The summed E-state index contributed by atoms with van der Waals surface area (Å²) in [6.45, 7) is 5.80. The van der Waals surface area contributed by atoms with E-state index in [9.17, 15) is 4.79 Å². The number of aromatic nitrogens is 1. The van der Waals surface area contributed by atoms with E-state index >= 15 is 0 Å². The quantitative estimate of drug-likeness (QED) is 0.721. The van der Waals surface area contributed by atoms with Gasteiger partial charge in [-0.25, -0.2) is 4.98 Å². The smallest absolute Gasteiger partial charge is 0.234 e. The number of likely N-dealkylation sites (tertiary alicyclic amines) is 1. The third kappa shape index (κ3) is 5.27. The van der Waals surface area contributed by atoms with Gasteiger partial charge in [-0.1, -0.05) is 0 Å². The number of nitrogens with one attached hydrogen (secondary N) is 2. The van der Waals surface area contributed by atoms with Crippen LogP contribution in [0.3, 0.4) is 0 Å². The lowest BCUT2D eigenvalue weighted by Crippen LogP contribution is -2.39. The number of carbonyl (C=O) groups is 1. The molecular weight excluding hydrogens is 278 g/mol. The molecule has 2 heterocycles. The molecule has 2 N–H and O–H groups in total. The first kappa shape index (κ1) is 16.7. The number of pyridine rings is 1. The number of likely N-dealkylation sites (N-methyl/N-ethyl adjacent to an activating group) is 1. The van der Waals surface area contributed by atoms with Crippen molar-refractivity contribution in [2.45, 2.75) is 19.4 Å². The first-order valence-electron chi connectivity index (χ1n) is 7.86. The summed E-state index contributed by atoms with van der Waals surface area (Å²) in [5.41, 5.74) is 1.17. The summed E-state index contributed by atoms with van der Waals surface area (Å²) in [4.78, 5) is 20.6. The van der Waals surface area contributed by atoms with Crippen LogP contribution in [0, 0.1) is 6.92 Å². The third-order valence-electron chi connectivity index (χ3n) is 4.01. The van der Waals surface area contributed by atoms with Gasteiger partial charge in [0.05, 0.1) is 6.54 Å². The first-order chi connectivity index (χ1) is 10.5. The molecule has 1 aliphatic rings. The number of rotatable bonds is 7. The molecule has 1 amide bonds. The van der Waals surface area contributed by atoms with Gasteiger partial charge in [-0.2, -0.15) is 0 Å². The van der Waals surface area contributed by atoms with Gasteiger partial charge in [0.1, 0.15) is 5.82 Å². The van der Waals surface area contributed by atoms with Crippen LogP contribution >= 0.6 is 0 Å². The molecule has 0 aromatic carbocycles. The van der Waals surface area contributed by atoms with E-state index < -0.39 is 0 Å². The molecular formula is C16H27N5O. The highest BCUT2D eigenvalue weighted by atomic mass is 16.2. The number of carbonyl (C=O) groups excluding carboxylic acids is 1. The predicted molar refractivity (Wildman–Crippen MR) is 89.0 cm³/mol. The maximum atomic E-state index is 11.9. The zero-order valence-corrected chi connectivity index (χ0v) is 13.8.